The molecule has 3 aromatic rings. The molecule has 0 spiro atoms. The van der Waals surface area contributed by atoms with Crippen molar-refractivity contribution in [3.05, 3.63) is 36.2 Å². The minimum Gasteiger partial charge on any atom is -0.508 e. The van der Waals surface area contributed by atoms with Gasteiger partial charge in [0.1, 0.15) is 5.75 Å². The zero-order chi connectivity index (χ0) is 13.6. The number of aromatic nitrogens is 2. The summed E-state index contributed by atoms with van der Waals surface area (Å²) < 4.78 is 6.92. The second-order valence-corrected chi connectivity index (χ2v) is 4.24. The summed E-state index contributed by atoms with van der Waals surface area (Å²) in [6, 6.07) is 6.34. The van der Waals surface area contributed by atoms with Crippen LogP contribution in [-0.2, 0) is 7.05 Å². The summed E-state index contributed by atoms with van der Waals surface area (Å²) in [6.07, 6.45) is 1.80. The largest absolute Gasteiger partial charge is 0.508 e. The van der Waals surface area contributed by atoms with Gasteiger partial charge in [0.2, 0.25) is 0 Å². The molecule has 6 heteroatoms. The monoisotopic (exact) mass is 258 g/mol. The van der Waals surface area contributed by atoms with Gasteiger partial charge in [0, 0.05) is 35.8 Å². The van der Waals surface area contributed by atoms with Crippen LogP contribution >= 0.6 is 0 Å². The molecule has 0 saturated carbocycles. The summed E-state index contributed by atoms with van der Waals surface area (Å²) in [6.45, 7) is 0. The quantitative estimate of drug-likeness (QED) is 0.735. The van der Waals surface area contributed by atoms with Crippen LogP contribution in [0, 0.1) is 0 Å². The second-order valence-electron chi connectivity index (χ2n) is 4.24. The first kappa shape index (κ1) is 11.3. The molecule has 6 nitrogen and oxygen atoms in total. The highest BCUT2D eigenvalue weighted by Crippen LogP contribution is 2.32. The van der Waals surface area contributed by atoms with Gasteiger partial charge < -0.3 is 19.3 Å². The fraction of sp³-hybridized carbons (Fsp3) is 0.0769. The third-order valence-electron chi connectivity index (χ3n) is 2.97. The Bertz CT molecular complexity index is 785. The molecule has 2 N–H and O–H groups in total. The molecule has 0 aliphatic heterocycles. The third-order valence-corrected chi connectivity index (χ3v) is 2.97. The van der Waals surface area contributed by atoms with Gasteiger partial charge in [-0.2, -0.15) is 0 Å². The van der Waals surface area contributed by atoms with E-state index in [0.717, 1.165) is 10.9 Å². The van der Waals surface area contributed by atoms with E-state index in [0.29, 0.717) is 11.3 Å². The lowest BCUT2D eigenvalue weighted by atomic mass is 10.1. The predicted molar refractivity (Wildman–Crippen MR) is 67.0 cm³/mol. The SMILES string of the molecule is Cn1cc(-c2cc(C(=O)O)no2)c2cc(O)ccc21. The zero-order valence-corrected chi connectivity index (χ0v) is 9.99. The Morgan fingerprint density at radius 3 is 2.84 bits per heavy atom. The standard InChI is InChI=1S/C13H10N2O4/c1-15-6-9(8-4-7(16)2-3-11(8)15)12-5-10(13(17)18)14-19-12/h2-6,16H,1H3,(H,17,18). The summed E-state index contributed by atoms with van der Waals surface area (Å²) in [5.41, 5.74) is 1.45. The second kappa shape index (κ2) is 3.88. The molecule has 0 amide bonds. The highest BCUT2D eigenvalue weighted by Gasteiger charge is 2.16. The van der Waals surface area contributed by atoms with Crippen molar-refractivity contribution in [1.82, 2.24) is 9.72 Å². The smallest absolute Gasteiger partial charge is 0.358 e. The number of benzene rings is 1. The first-order valence-corrected chi connectivity index (χ1v) is 5.54. The van der Waals surface area contributed by atoms with E-state index in [4.69, 9.17) is 9.63 Å². The molecule has 2 aromatic heterocycles. The molecule has 2 heterocycles. The Labute approximate surface area is 107 Å². The Morgan fingerprint density at radius 1 is 1.37 bits per heavy atom. The fourth-order valence-corrected chi connectivity index (χ4v) is 2.08. The van der Waals surface area contributed by atoms with E-state index >= 15 is 0 Å². The molecule has 3 rings (SSSR count). The molecule has 0 atom stereocenters. The lowest BCUT2D eigenvalue weighted by molar-refractivity contribution is 0.0686. The number of aryl methyl sites for hydroxylation is 1. The lowest BCUT2D eigenvalue weighted by Crippen LogP contribution is -1.94. The van der Waals surface area contributed by atoms with E-state index in [1.54, 1.807) is 24.4 Å². The van der Waals surface area contributed by atoms with E-state index in [1.807, 2.05) is 11.6 Å². The van der Waals surface area contributed by atoms with E-state index in [2.05, 4.69) is 5.16 Å². The van der Waals surface area contributed by atoms with E-state index < -0.39 is 5.97 Å². The predicted octanol–water partition coefficient (Wildman–Crippen LogP) is 2.24. The molecule has 96 valence electrons. The number of phenolic OH excluding ortho intramolecular Hbond substituents is 1. The topological polar surface area (TPSA) is 88.5 Å². The van der Waals surface area contributed by atoms with Gasteiger partial charge in [-0.1, -0.05) is 5.16 Å². The highest BCUT2D eigenvalue weighted by atomic mass is 16.5. The Morgan fingerprint density at radius 2 is 2.16 bits per heavy atom. The average molecular weight is 258 g/mol. The van der Waals surface area contributed by atoms with Crippen molar-refractivity contribution in [3.63, 3.8) is 0 Å². The first-order chi connectivity index (χ1) is 9.06. The molecule has 0 aliphatic carbocycles. The van der Waals surface area contributed by atoms with Crippen LogP contribution in [0.2, 0.25) is 0 Å². The van der Waals surface area contributed by atoms with Gasteiger partial charge >= 0.3 is 5.97 Å². The molecule has 0 saturated heterocycles. The van der Waals surface area contributed by atoms with Gasteiger partial charge in [-0.3, -0.25) is 0 Å². The highest BCUT2D eigenvalue weighted by molar-refractivity contribution is 5.96. The number of aromatic hydroxyl groups is 1. The van der Waals surface area contributed by atoms with Crippen molar-refractivity contribution in [3.8, 4) is 17.1 Å². The lowest BCUT2D eigenvalue weighted by Gasteiger charge is -1.96. The maximum Gasteiger partial charge on any atom is 0.358 e. The summed E-state index contributed by atoms with van der Waals surface area (Å²) in [4.78, 5) is 10.8. The van der Waals surface area contributed by atoms with Crippen LogP contribution in [0.3, 0.4) is 0 Å². The maximum absolute atomic E-state index is 10.8. The van der Waals surface area contributed by atoms with Crippen LogP contribution in [0.1, 0.15) is 10.5 Å². The number of fused-ring (bicyclic) bond motifs is 1. The van der Waals surface area contributed by atoms with Crippen molar-refractivity contribution >= 4 is 16.9 Å². The third kappa shape index (κ3) is 1.74. The van der Waals surface area contributed by atoms with Crippen molar-refractivity contribution in [2.24, 2.45) is 7.05 Å². The molecule has 0 aliphatic rings. The van der Waals surface area contributed by atoms with E-state index in [9.17, 15) is 9.90 Å². The van der Waals surface area contributed by atoms with Gasteiger partial charge in [-0.05, 0) is 18.2 Å². The number of nitrogens with zero attached hydrogens (tertiary/aromatic N) is 2. The van der Waals surface area contributed by atoms with Gasteiger partial charge in [-0.25, -0.2) is 4.79 Å². The minimum atomic E-state index is -1.14. The number of hydrogen-bond donors (Lipinski definition) is 2. The fourth-order valence-electron chi connectivity index (χ4n) is 2.08. The van der Waals surface area contributed by atoms with Crippen LogP contribution in [0.5, 0.6) is 5.75 Å². The summed E-state index contributed by atoms with van der Waals surface area (Å²) in [5.74, 6) is -0.649. The molecular weight excluding hydrogens is 248 g/mol. The van der Waals surface area contributed by atoms with Gasteiger partial charge in [-0.15, -0.1) is 0 Å². The normalized spacial score (nSPS) is 11.0. The summed E-state index contributed by atoms with van der Waals surface area (Å²) >= 11 is 0. The van der Waals surface area contributed by atoms with Crippen LogP contribution in [0.25, 0.3) is 22.2 Å². The molecule has 0 unspecified atom stereocenters. The number of hydrogen-bond acceptors (Lipinski definition) is 4. The zero-order valence-electron chi connectivity index (χ0n) is 9.99. The number of carbonyl (C=O) groups is 1. The molecule has 1 aromatic carbocycles. The Kier molecular flexibility index (Phi) is 2.31. The van der Waals surface area contributed by atoms with E-state index in [-0.39, 0.29) is 11.4 Å². The summed E-state index contributed by atoms with van der Waals surface area (Å²) in [5, 5.41) is 22.7. The first-order valence-electron chi connectivity index (χ1n) is 5.54. The van der Waals surface area contributed by atoms with Gasteiger partial charge in [0.05, 0.1) is 0 Å². The number of carboxylic acid groups (broad SMARTS) is 1. The molecular formula is C13H10N2O4. The molecule has 0 bridgehead atoms. The average Bonchev–Trinajstić information content (AvgIpc) is 2.94. The maximum atomic E-state index is 10.8. The van der Waals surface area contributed by atoms with Crippen molar-refractivity contribution in [2.45, 2.75) is 0 Å². The summed E-state index contributed by atoms with van der Waals surface area (Å²) in [7, 11) is 1.86. The van der Waals surface area contributed by atoms with Crippen LogP contribution in [0.15, 0.2) is 35.0 Å². The number of phenols is 1. The van der Waals surface area contributed by atoms with Crippen molar-refractivity contribution in [2.75, 3.05) is 0 Å². The van der Waals surface area contributed by atoms with Crippen LogP contribution < -0.4 is 0 Å². The number of rotatable bonds is 2. The number of carboxylic acids is 1. The van der Waals surface area contributed by atoms with Gasteiger partial charge in [0.25, 0.3) is 0 Å². The van der Waals surface area contributed by atoms with Gasteiger partial charge in [0.15, 0.2) is 11.5 Å². The number of aromatic carboxylic acids is 1. The van der Waals surface area contributed by atoms with Crippen molar-refractivity contribution < 1.29 is 19.5 Å². The molecule has 19 heavy (non-hydrogen) atoms. The Hall–Kier alpha value is -2.76. The molecule has 0 radical (unpaired) electrons. The van der Waals surface area contributed by atoms with E-state index in [1.165, 1.54) is 6.07 Å². The minimum absolute atomic E-state index is 0.137. The van der Waals surface area contributed by atoms with Crippen molar-refractivity contribution in [1.29, 1.82) is 0 Å². The van der Waals surface area contributed by atoms with Crippen LogP contribution in [0.4, 0.5) is 0 Å². The molecule has 0 fully saturated rings. The van der Waals surface area contributed by atoms with Crippen LogP contribution in [-0.4, -0.2) is 25.9 Å². The Balaban J connectivity index is 2.23.